The van der Waals surface area contributed by atoms with Gasteiger partial charge in [0.25, 0.3) is 5.69 Å². The first-order valence-electron chi connectivity index (χ1n) is 5.31. The summed E-state index contributed by atoms with van der Waals surface area (Å²) in [5.41, 5.74) is 1.36. The van der Waals surface area contributed by atoms with Crippen LogP contribution in [0.4, 0.5) is 5.69 Å². The lowest BCUT2D eigenvalue weighted by Crippen LogP contribution is -1.93. The lowest BCUT2D eigenvalue weighted by atomic mass is 10.0. The Kier molecular flexibility index (Phi) is 4.07. The topological polar surface area (TPSA) is 52.4 Å². The second-order valence-corrected chi connectivity index (χ2v) is 5.06. The molecule has 0 aromatic heterocycles. The molecule has 0 aliphatic rings. The third-order valence-electron chi connectivity index (χ3n) is 2.61. The summed E-state index contributed by atoms with van der Waals surface area (Å²) in [7, 11) is 1.52. The zero-order valence-electron chi connectivity index (χ0n) is 9.89. The summed E-state index contributed by atoms with van der Waals surface area (Å²) in [6, 6.07) is 9.69. The van der Waals surface area contributed by atoms with Gasteiger partial charge in [-0.05, 0) is 24.3 Å². The molecular weight excluding hydrogens is 334 g/mol. The zero-order chi connectivity index (χ0) is 14.0. The van der Waals surface area contributed by atoms with E-state index in [9.17, 15) is 10.1 Å². The van der Waals surface area contributed by atoms with Gasteiger partial charge in [0.1, 0.15) is 5.75 Å². The minimum Gasteiger partial charge on any atom is -0.496 e. The molecule has 2 rings (SSSR count). The number of nitro groups is 1. The molecule has 0 N–H and O–H groups in total. The fourth-order valence-electron chi connectivity index (χ4n) is 1.72. The Morgan fingerprint density at radius 2 is 1.95 bits per heavy atom. The van der Waals surface area contributed by atoms with Gasteiger partial charge < -0.3 is 4.74 Å². The number of hydrogen-bond donors (Lipinski definition) is 0. The van der Waals surface area contributed by atoms with Crippen LogP contribution in [0.1, 0.15) is 0 Å². The predicted octanol–water partition coefficient (Wildman–Crippen LogP) is 4.69. The average molecular weight is 343 g/mol. The lowest BCUT2D eigenvalue weighted by molar-refractivity contribution is -0.384. The zero-order valence-corrected chi connectivity index (χ0v) is 12.2. The number of ether oxygens (including phenoxy) is 1. The number of non-ortho nitro benzene ring substituents is 1. The van der Waals surface area contributed by atoms with E-state index in [1.165, 1.54) is 19.2 Å². The molecule has 0 bridgehead atoms. The van der Waals surface area contributed by atoms with E-state index in [4.69, 9.17) is 16.3 Å². The van der Waals surface area contributed by atoms with Crippen molar-refractivity contribution in [1.82, 2.24) is 0 Å². The molecule has 2 aromatic rings. The average Bonchev–Trinajstić information content (AvgIpc) is 2.40. The van der Waals surface area contributed by atoms with Gasteiger partial charge >= 0.3 is 0 Å². The largest absolute Gasteiger partial charge is 0.496 e. The quantitative estimate of drug-likeness (QED) is 0.601. The molecule has 0 aliphatic carbocycles. The van der Waals surface area contributed by atoms with Gasteiger partial charge in [-0.25, -0.2) is 0 Å². The van der Waals surface area contributed by atoms with Gasteiger partial charge in [0.2, 0.25) is 0 Å². The number of rotatable bonds is 3. The van der Waals surface area contributed by atoms with Crippen LogP contribution in [0.25, 0.3) is 11.1 Å². The molecule has 6 heteroatoms. The Morgan fingerprint density at radius 3 is 2.58 bits per heavy atom. The Hall–Kier alpha value is -1.59. The summed E-state index contributed by atoms with van der Waals surface area (Å²) in [5, 5.41) is 11.4. The highest BCUT2D eigenvalue weighted by molar-refractivity contribution is 9.10. The van der Waals surface area contributed by atoms with E-state index in [1.807, 2.05) is 0 Å². The predicted molar refractivity (Wildman–Crippen MR) is 77.8 cm³/mol. The maximum atomic E-state index is 10.9. The minimum atomic E-state index is -0.443. The van der Waals surface area contributed by atoms with Gasteiger partial charge in [0, 0.05) is 32.8 Å². The summed E-state index contributed by atoms with van der Waals surface area (Å²) in [6.07, 6.45) is 0. The normalized spacial score (nSPS) is 10.3. The standard InChI is InChI=1S/C13H9BrClNO3/c1-19-13-5-3-9(16(17)18)7-11(13)10-6-8(15)2-4-12(10)14/h2-7H,1H3. The van der Waals surface area contributed by atoms with E-state index >= 15 is 0 Å². The van der Waals surface area contributed by atoms with Gasteiger partial charge in [-0.15, -0.1) is 0 Å². The van der Waals surface area contributed by atoms with Crippen molar-refractivity contribution in [3.63, 3.8) is 0 Å². The van der Waals surface area contributed by atoms with Crippen LogP contribution < -0.4 is 4.74 Å². The van der Waals surface area contributed by atoms with E-state index in [1.54, 1.807) is 24.3 Å². The molecule has 0 radical (unpaired) electrons. The third kappa shape index (κ3) is 2.88. The van der Waals surface area contributed by atoms with E-state index < -0.39 is 4.92 Å². The van der Waals surface area contributed by atoms with Crippen molar-refractivity contribution in [2.24, 2.45) is 0 Å². The summed E-state index contributed by atoms with van der Waals surface area (Å²) >= 11 is 9.38. The maximum absolute atomic E-state index is 10.9. The Balaban J connectivity index is 2.68. The van der Waals surface area contributed by atoms with Gasteiger partial charge in [-0.2, -0.15) is 0 Å². The second-order valence-electron chi connectivity index (χ2n) is 3.77. The first-order chi connectivity index (χ1) is 9.02. The van der Waals surface area contributed by atoms with Crippen LogP contribution in [-0.4, -0.2) is 12.0 Å². The Labute approximate surface area is 123 Å². The van der Waals surface area contributed by atoms with Crippen LogP contribution in [0.15, 0.2) is 40.9 Å². The van der Waals surface area contributed by atoms with Crippen molar-refractivity contribution in [3.8, 4) is 16.9 Å². The minimum absolute atomic E-state index is 0.00248. The molecule has 2 aromatic carbocycles. The molecule has 19 heavy (non-hydrogen) atoms. The number of methoxy groups -OCH3 is 1. The molecule has 0 atom stereocenters. The van der Waals surface area contributed by atoms with E-state index in [2.05, 4.69) is 15.9 Å². The molecule has 0 heterocycles. The maximum Gasteiger partial charge on any atom is 0.270 e. The molecular formula is C13H9BrClNO3. The van der Waals surface area contributed by atoms with Gasteiger partial charge in [-0.3, -0.25) is 10.1 Å². The van der Waals surface area contributed by atoms with Crippen molar-refractivity contribution in [2.45, 2.75) is 0 Å². The van der Waals surface area contributed by atoms with Gasteiger partial charge in [-0.1, -0.05) is 27.5 Å². The summed E-state index contributed by atoms with van der Waals surface area (Å²) in [4.78, 5) is 10.4. The number of halogens is 2. The highest BCUT2D eigenvalue weighted by atomic mass is 79.9. The van der Waals surface area contributed by atoms with Gasteiger partial charge in [0.15, 0.2) is 0 Å². The van der Waals surface area contributed by atoms with E-state index in [0.717, 1.165) is 10.0 Å². The van der Waals surface area contributed by atoms with E-state index in [-0.39, 0.29) is 5.69 Å². The summed E-state index contributed by atoms with van der Waals surface area (Å²) in [6.45, 7) is 0. The number of nitrogens with zero attached hydrogens (tertiary/aromatic N) is 1. The number of hydrogen-bond acceptors (Lipinski definition) is 3. The molecule has 0 aliphatic heterocycles. The van der Waals surface area contributed by atoms with Crippen LogP contribution in [0, 0.1) is 10.1 Å². The van der Waals surface area contributed by atoms with Crippen molar-refractivity contribution in [1.29, 1.82) is 0 Å². The second kappa shape index (κ2) is 5.59. The number of benzene rings is 2. The van der Waals surface area contributed by atoms with Gasteiger partial charge in [0.05, 0.1) is 12.0 Å². The highest BCUT2D eigenvalue weighted by Gasteiger charge is 2.15. The van der Waals surface area contributed by atoms with Crippen molar-refractivity contribution < 1.29 is 9.66 Å². The van der Waals surface area contributed by atoms with Crippen molar-refractivity contribution in [2.75, 3.05) is 7.11 Å². The third-order valence-corrected chi connectivity index (χ3v) is 3.54. The van der Waals surface area contributed by atoms with Crippen LogP contribution in [0.2, 0.25) is 5.02 Å². The number of nitro benzene ring substituents is 1. The fourth-order valence-corrected chi connectivity index (χ4v) is 2.36. The monoisotopic (exact) mass is 341 g/mol. The molecule has 4 nitrogen and oxygen atoms in total. The summed E-state index contributed by atoms with van der Waals surface area (Å²) in [5.74, 6) is 0.550. The summed E-state index contributed by atoms with van der Waals surface area (Å²) < 4.78 is 6.03. The Bertz CT molecular complexity index is 646. The molecule has 0 amide bonds. The molecule has 98 valence electrons. The first kappa shape index (κ1) is 13.8. The van der Waals surface area contributed by atoms with Crippen molar-refractivity contribution in [3.05, 3.63) is 56.0 Å². The first-order valence-corrected chi connectivity index (χ1v) is 6.48. The molecule has 0 spiro atoms. The van der Waals surface area contributed by atoms with Crippen molar-refractivity contribution >= 4 is 33.2 Å². The molecule has 0 unspecified atom stereocenters. The molecule has 0 saturated carbocycles. The SMILES string of the molecule is COc1ccc([N+](=O)[O-])cc1-c1cc(Cl)ccc1Br. The van der Waals surface area contributed by atoms with Crippen LogP contribution in [0.5, 0.6) is 5.75 Å². The highest BCUT2D eigenvalue weighted by Crippen LogP contribution is 2.38. The smallest absolute Gasteiger partial charge is 0.270 e. The fraction of sp³-hybridized carbons (Fsp3) is 0.0769. The molecule has 0 saturated heterocycles. The van der Waals surface area contributed by atoms with Crippen LogP contribution in [0.3, 0.4) is 0 Å². The van der Waals surface area contributed by atoms with E-state index in [0.29, 0.717) is 16.3 Å². The molecule has 0 fully saturated rings. The Morgan fingerprint density at radius 1 is 1.21 bits per heavy atom. The lowest BCUT2D eigenvalue weighted by Gasteiger charge is -2.10. The van der Waals surface area contributed by atoms with Crippen LogP contribution >= 0.6 is 27.5 Å². The van der Waals surface area contributed by atoms with Crippen LogP contribution in [-0.2, 0) is 0 Å².